The van der Waals surface area contributed by atoms with Crippen molar-refractivity contribution in [1.29, 1.82) is 0 Å². The van der Waals surface area contributed by atoms with Crippen molar-refractivity contribution < 1.29 is 19.0 Å². The Morgan fingerprint density at radius 2 is 1.75 bits per heavy atom. The van der Waals surface area contributed by atoms with Gasteiger partial charge in [0.2, 0.25) is 0 Å². The lowest BCUT2D eigenvalue weighted by molar-refractivity contribution is -0.254. The highest BCUT2D eigenvalue weighted by molar-refractivity contribution is 5.69. The van der Waals surface area contributed by atoms with Gasteiger partial charge < -0.3 is 24.4 Å². The third-order valence-electron chi connectivity index (χ3n) is 3.27. The quantitative estimate of drug-likeness (QED) is 0.830. The summed E-state index contributed by atoms with van der Waals surface area (Å²) in [5.74, 6) is -0.486. The van der Waals surface area contributed by atoms with Gasteiger partial charge >= 0.3 is 6.09 Å². The summed E-state index contributed by atoms with van der Waals surface area (Å²) in [4.78, 5) is 13.5. The lowest BCUT2D eigenvalue weighted by Gasteiger charge is -2.43. The molecule has 0 aromatic heterocycles. The fourth-order valence-corrected chi connectivity index (χ4v) is 2.18. The average molecular weight is 286 g/mol. The van der Waals surface area contributed by atoms with Gasteiger partial charge in [-0.25, -0.2) is 4.79 Å². The molecule has 20 heavy (non-hydrogen) atoms. The smallest absolute Gasteiger partial charge is 0.410 e. The number of likely N-dealkylation sites (tertiary alicyclic amines) is 1. The van der Waals surface area contributed by atoms with E-state index < -0.39 is 11.4 Å². The second kappa shape index (κ2) is 5.50. The standard InChI is InChI=1S/C14H26N2O4/c1-13(2,3)20-12(17)16-6-10(7-16)15-11-8-18-14(4,5)19-9-11/h10-11,15H,6-9H2,1-5H3. The molecule has 0 atom stereocenters. The maximum Gasteiger partial charge on any atom is 0.410 e. The van der Waals surface area contributed by atoms with Crippen molar-refractivity contribution in [2.45, 2.75) is 58.1 Å². The molecule has 0 aromatic rings. The van der Waals surface area contributed by atoms with Crippen molar-refractivity contribution in [3.8, 4) is 0 Å². The summed E-state index contributed by atoms with van der Waals surface area (Å²) in [6.45, 7) is 12.1. The molecule has 0 unspecified atom stereocenters. The first-order chi connectivity index (χ1) is 9.15. The first kappa shape index (κ1) is 15.5. The van der Waals surface area contributed by atoms with E-state index in [2.05, 4.69) is 5.32 Å². The van der Waals surface area contributed by atoms with E-state index in [0.29, 0.717) is 32.3 Å². The molecule has 0 bridgehead atoms. The fourth-order valence-electron chi connectivity index (χ4n) is 2.18. The van der Waals surface area contributed by atoms with E-state index in [-0.39, 0.29) is 12.1 Å². The van der Waals surface area contributed by atoms with Crippen LogP contribution in [0.15, 0.2) is 0 Å². The van der Waals surface area contributed by atoms with E-state index in [1.165, 1.54) is 0 Å². The summed E-state index contributed by atoms with van der Waals surface area (Å²) in [5.41, 5.74) is -0.438. The van der Waals surface area contributed by atoms with E-state index >= 15 is 0 Å². The molecule has 1 N–H and O–H groups in total. The van der Waals surface area contributed by atoms with Crippen LogP contribution < -0.4 is 5.32 Å². The topological polar surface area (TPSA) is 60.0 Å². The van der Waals surface area contributed by atoms with Crippen molar-refractivity contribution in [3.63, 3.8) is 0 Å². The van der Waals surface area contributed by atoms with E-state index in [4.69, 9.17) is 14.2 Å². The monoisotopic (exact) mass is 286 g/mol. The zero-order valence-electron chi connectivity index (χ0n) is 13.1. The minimum atomic E-state index is -0.486. The van der Waals surface area contributed by atoms with Gasteiger partial charge in [0, 0.05) is 19.1 Å². The van der Waals surface area contributed by atoms with Crippen molar-refractivity contribution in [1.82, 2.24) is 10.2 Å². The number of hydrogen-bond acceptors (Lipinski definition) is 5. The summed E-state index contributed by atoms with van der Waals surface area (Å²) in [5, 5.41) is 3.44. The highest BCUT2D eigenvalue weighted by Crippen LogP contribution is 2.19. The summed E-state index contributed by atoms with van der Waals surface area (Å²) in [6, 6.07) is 0.481. The number of amides is 1. The van der Waals surface area contributed by atoms with Gasteiger partial charge in [0.15, 0.2) is 5.79 Å². The van der Waals surface area contributed by atoms with Crippen LogP contribution in [0.3, 0.4) is 0 Å². The van der Waals surface area contributed by atoms with Gasteiger partial charge in [-0.05, 0) is 34.6 Å². The Morgan fingerprint density at radius 3 is 2.25 bits per heavy atom. The van der Waals surface area contributed by atoms with Crippen LogP contribution in [-0.2, 0) is 14.2 Å². The van der Waals surface area contributed by atoms with Gasteiger partial charge in [-0.1, -0.05) is 0 Å². The molecule has 2 fully saturated rings. The molecular weight excluding hydrogens is 260 g/mol. The number of rotatable bonds is 2. The summed E-state index contributed by atoms with van der Waals surface area (Å²) >= 11 is 0. The number of hydrogen-bond donors (Lipinski definition) is 1. The summed E-state index contributed by atoms with van der Waals surface area (Å²) < 4.78 is 16.5. The Kier molecular flexibility index (Phi) is 4.27. The van der Waals surface area contributed by atoms with Crippen LogP contribution >= 0.6 is 0 Å². The molecule has 0 aliphatic carbocycles. The lowest BCUT2D eigenvalue weighted by Crippen LogP contribution is -2.64. The molecule has 0 saturated carbocycles. The molecular formula is C14H26N2O4. The first-order valence-electron chi connectivity index (χ1n) is 7.16. The molecule has 116 valence electrons. The maximum absolute atomic E-state index is 11.8. The second-order valence-electron chi connectivity index (χ2n) is 6.97. The molecule has 2 aliphatic rings. The van der Waals surface area contributed by atoms with Crippen LogP contribution in [0.25, 0.3) is 0 Å². The number of ether oxygens (including phenoxy) is 3. The first-order valence-corrected chi connectivity index (χ1v) is 7.16. The third kappa shape index (κ3) is 4.33. The van der Waals surface area contributed by atoms with Gasteiger partial charge in [-0.2, -0.15) is 0 Å². The Balaban J connectivity index is 1.66. The molecule has 0 radical (unpaired) electrons. The summed E-state index contributed by atoms with van der Waals surface area (Å²) in [7, 11) is 0. The zero-order chi connectivity index (χ0) is 15.0. The Morgan fingerprint density at radius 1 is 1.20 bits per heavy atom. The summed E-state index contributed by atoms with van der Waals surface area (Å²) in [6.07, 6.45) is -0.243. The molecule has 2 rings (SSSR count). The number of nitrogens with zero attached hydrogens (tertiary/aromatic N) is 1. The predicted octanol–water partition coefficient (Wildman–Crippen LogP) is 1.35. The Bertz CT molecular complexity index is 349. The van der Waals surface area contributed by atoms with Crippen molar-refractivity contribution in [3.05, 3.63) is 0 Å². The van der Waals surface area contributed by atoms with Crippen LogP contribution in [-0.4, -0.2) is 60.8 Å². The molecule has 6 heteroatoms. The number of carbonyl (C=O) groups excluding carboxylic acids is 1. The van der Waals surface area contributed by atoms with E-state index in [9.17, 15) is 4.79 Å². The van der Waals surface area contributed by atoms with Gasteiger partial charge in [0.05, 0.1) is 19.3 Å². The SMILES string of the molecule is CC(C)(C)OC(=O)N1CC(NC2COC(C)(C)OC2)C1. The molecule has 1 amide bonds. The van der Waals surface area contributed by atoms with E-state index in [1.54, 1.807) is 4.90 Å². The molecule has 0 aromatic carbocycles. The van der Waals surface area contributed by atoms with Gasteiger partial charge in [-0.15, -0.1) is 0 Å². The minimum absolute atomic E-state index is 0.189. The van der Waals surface area contributed by atoms with Crippen molar-refractivity contribution >= 4 is 6.09 Å². The van der Waals surface area contributed by atoms with Crippen molar-refractivity contribution in [2.24, 2.45) is 0 Å². The molecule has 0 spiro atoms. The Labute approximate surface area is 120 Å². The molecule has 2 aliphatic heterocycles. The van der Waals surface area contributed by atoms with Crippen molar-refractivity contribution in [2.75, 3.05) is 26.3 Å². The molecule has 2 saturated heterocycles. The average Bonchev–Trinajstić information content (AvgIpc) is 2.22. The van der Waals surface area contributed by atoms with Crippen LogP contribution in [0.2, 0.25) is 0 Å². The lowest BCUT2D eigenvalue weighted by atomic mass is 10.1. The minimum Gasteiger partial charge on any atom is -0.444 e. The fraction of sp³-hybridized carbons (Fsp3) is 0.929. The maximum atomic E-state index is 11.8. The van der Waals surface area contributed by atoms with Gasteiger partial charge in [0.25, 0.3) is 0 Å². The van der Waals surface area contributed by atoms with Gasteiger partial charge in [-0.3, -0.25) is 0 Å². The van der Waals surface area contributed by atoms with Gasteiger partial charge in [0.1, 0.15) is 5.60 Å². The van der Waals surface area contributed by atoms with Crippen LogP contribution in [0.1, 0.15) is 34.6 Å². The van der Waals surface area contributed by atoms with Crippen LogP contribution in [0.5, 0.6) is 0 Å². The van der Waals surface area contributed by atoms with E-state index in [1.807, 2.05) is 34.6 Å². The highest BCUT2D eigenvalue weighted by atomic mass is 16.7. The largest absolute Gasteiger partial charge is 0.444 e. The highest BCUT2D eigenvalue weighted by Gasteiger charge is 2.36. The number of nitrogens with one attached hydrogen (secondary N) is 1. The molecule has 6 nitrogen and oxygen atoms in total. The normalized spacial score (nSPS) is 24.4. The van der Waals surface area contributed by atoms with Crippen LogP contribution in [0.4, 0.5) is 4.79 Å². The van der Waals surface area contributed by atoms with Crippen LogP contribution in [0, 0.1) is 0 Å². The number of carbonyl (C=O) groups is 1. The third-order valence-corrected chi connectivity index (χ3v) is 3.27. The second-order valence-corrected chi connectivity index (χ2v) is 6.97. The predicted molar refractivity (Wildman–Crippen MR) is 74.5 cm³/mol. The molecule has 2 heterocycles. The zero-order valence-corrected chi connectivity index (χ0v) is 13.1. The Hall–Kier alpha value is -0.850. The van der Waals surface area contributed by atoms with E-state index in [0.717, 1.165) is 0 Å².